The Morgan fingerprint density at radius 2 is 1.92 bits per heavy atom. The number of fused-ring (bicyclic) bond motifs is 1. The fraction of sp³-hybridized carbons (Fsp3) is 0.476. The van der Waals surface area contributed by atoms with Crippen LogP contribution in [0.15, 0.2) is 42.6 Å². The Bertz CT molecular complexity index is 738. The monoisotopic (exact) mass is 372 g/mol. The first-order chi connectivity index (χ1) is 12.6. The van der Waals surface area contributed by atoms with Gasteiger partial charge in [0, 0.05) is 31.2 Å². The van der Waals surface area contributed by atoms with Crippen molar-refractivity contribution in [3.05, 3.63) is 53.3 Å². The number of pyridine rings is 1. The summed E-state index contributed by atoms with van der Waals surface area (Å²) in [5, 5.41) is 10.1. The standard InChI is InChI=1S/C21H25ClN2O2/c1-14(20-7-6-17(25)10-23-20)11-24-12-15-8-18(9-16(15)13-24)26-21-5-3-2-4-19(21)22/h2-7,10,14-16,18,25H,8-9,11-13H2,1H3/t14?,15-,16+,18?. The number of halogens is 1. The Labute approximate surface area is 159 Å². The number of aromatic hydroxyl groups is 1. The minimum Gasteiger partial charge on any atom is -0.506 e. The molecule has 0 amide bonds. The molecule has 2 unspecified atom stereocenters. The molecule has 4 atom stereocenters. The lowest BCUT2D eigenvalue weighted by Crippen LogP contribution is -2.28. The molecule has 0 bridgehead atoms. The van der Waals surface area contributed by atoms with Crippen LogP contribution in [0.1, 0.15) is 31.4 Å². The molecule has 2 fully saturated rings. The molecule has 0 radical (unpaired) electrons. The minimum absolute atomic E-state index is 0.223. The van der Waals surface area contributed by atoms with Gasteiger partial charge in [-0.25, -0.2) is 0 Å². The first kappa shape index (κ1) is 17.6. The molecule has 26 heavy (non-hydrogen) atoms. The van der Waals surface area contributed by atoms with E-state index in [4.69, 9.17) is 16.3 Å². The quantitative estimate of drug-likeness (QED) is 0.848. The molecule has 2 aliphatic rings. The largest absolute Gasteiger partial charge is 0.506 e. The maximum atomic E-state index is 9.39. The molecule has 4 nitrogen and oxygen atoms in total. The average Bonchev–Trinajstić information content (AvgIpc) is 3.15. The van der Waals surface area contributed by atoms with Gasteiger partial charge in [-0.3, -0.25) is 4.98 Å². The lowest BCUT2D eigenvalue weighted by molar-refractivity contribution is 0.184. The van der Waals surface area contributed by atoms with Gasteiger partial charge in [-0.15, -0.1) is 0 Å². The van der Waals surface area contributed by atoms with E-state index in [0.29, 0.717) is 22.8 Å². The molecule has 138 valence electrons. The van der Waals surface area contributed by atoms with Gasteiger partial charge in [0.15, 0.2) is 0 Å². The van der Waals surface area contributed by atoms with Crippen LogP contribution < -0.4 is 4.74 Å². The molecule has 2 aromatic rings. The van der Waals surface area contributed by atoms with Crippen molar-refractivity contribution in [2.24, 2.45) is 11.8 Å². The zero-order valence-corrected chi connectivity index (χ0v) is 15.8. The van der Waals surface area contributed by atoms with E-state index in [1.807, 2.05) is 30.3 Å². The number of nitrogens with zero attached hydrogens (tertiary/aromatic N) is 2. The number of ether oxygens (including phenoxy) is 1. The Morgan fingerprint density at radius 3 is 2.58 bits per heavy atom. The summed E-state index contributed by atoms with van der Waals surface area (Å²) in [7, 11) is 0. The van der Waals surface area contributed by atoms with Gasteiger partial charge in [0.05, 0.1) is 17.3 Å². The smallest absolute Gasteiger partial charge is 0.138 e. The van der Waals surface area contributed by atoms with Crippen LogP contribution in [0.2, 0.25) is 5.02 Å². The van der Waals surface area contributed by atoms with Crippen molar-refractivity contribution in [2.45, 2.75) is 31.8 Å². The summed E-state index contributed by atoms with van der Waals surface area (Å²) in [4.78, 5) is 6.91. The minimum atomic E-state index is 0.223. The molecule has 1 aromatic heterocycles. The molecule has 1 N–H and O–H groups in total. The summed E-state index contributed by atoms with van der Waals surface area (Å²) in [6.45, 7) is 5.49. The van der Waals surface area contributed by atoms with E-state index < -0.39 is 0 Å². The molecule has 1 saturated heterocycles. The van der Waals surface area contributed by atoms with Crippen molar-refractivity contribution < 1.29 is 9.84 Å². The van der Waals surface area contributed by atoms with Crippen LogP contribution in [-0.2, 0) is 0 Å². The van der Waals surface area contributed by atoms with E-state index in [2.05, 4.69) is 16.8 Å². The van der Waals surface area contributed by atoms with Crippen LogP contribution in [-0.4, -0.2) is 40.7 Å². The van der Waals surface area contributed by atoms with Crippen LogP contribution in [0, 0.1) is 11.8 Å². The fourth-order valence-electron chi connectivity index (χ4n) is 4.48. The summed E-state index contributed by atoms with van der Waals surface area (Å²) in [5.74, 6) is 2.82. The van der Waals surface area contributed by atoms with Crippen molar-refractivity contribution in [3.8, 4) is 11.5 Å². The molecule has 1 aliphatic heterocycles. The zero-order valence-electron chi connectivity index (χ0n) is 15.0. The number of likely N-dealkylation sites (tertiary alicyclic amines) is 1. The normalized spacial score (nSPS) is 26.6. The van der Waals surface area contributed by atoms with Gasteiger partial charge in [0.1, 0.15) is 11.5 Å². The van der Waals surface area contributed by atoms with Gasteiger partial charge < -0.3 is 14.7 Å². The SMILES string of the molecule is CC(CN1C[C@H]2CC(Oc3ccccc3Cl)C[C@H]2C1)c1ccc(O)cn1. The molecule has 1 saturated carbocycles. The molecule has 2 heterocycles. The Balaban J connectivity index is 1.29. The molecule has 4 rings (SSSR count). The van der Waals surface area contributed by atoms with Crippen LogP contribution in [0.3, 0.4) is 0 Å². The zero-order chi connectivity index (χ0) is 18.1. The van der Waals surface area contributed by atoms with E-state index in [-0.39, 0.29) is 11.9 Å². The van der Waals surface area contributed by atoms with Gasteiger partial charge in [-0.1, -0.05) is 30.7 Å². The maximum Gasteiger partial charge on any atom is 0.138 e. The van der Waals surface area contributed by atoms with E-state index in [9.17, 15) is 5.11 Å². The van der Waals surface area contributed by atoms with E-state index in [0.717, 1.165) is 43.9 Å². The summed E-state index contributed by atoms with van der Waals surface area (Å²) < 4.78 is 6.16. The molecule has 5 heteroatoms. The van der Waals surface area contributed by atoms with Gasteiger partial charge in [-0.05, 0) is 48.9 Å². The van der Waals surface area contributed by atoms with E-state index >= 15 is 0 Å². The van der Waals surface area contributed by atoms with Crippen LogP contribution in [0.25, 0.3) is 0 Å². The van der Waals surface area contributed by atoms with Crippen molar-refractivity contribution in [3.63, 3.8) is 0 Å². The fourth-order valence-corrected chi connectivity index (χ4v) is 4.66. The Kier molecular flexibility index (Phi) is 5.05. The van der Waals surface area contributed by atoms with Crippen LogP contribution in [0.4, 0.5) is 0 Å². The lowest BCUT2D eigenvalue weighted by atomic mass is 10.0. The predicted octanol–water partition coefficient (Wildman–Crippen LogP) is 4.33. The molecule has 1 aliphatic carbocycles. The third-order valence-electron chi connectivity index (χ3n) is 5.72. The highest BCUT2D eigenvalue weighted by atomic mass is 35.5. The highest BCUT2D eigenvalue weighted by Gasteiger charge is 2.42. The van der Waals surface area contributed by atoms with Gasteiger partial charge >= 0.3 is 0 Å². The number of aromatic nitrogens is 1. The highest BCUT2D eigenvalue weighted by Crippen LogP contribution is 2.41. The van der Waals surface area contributed by atoms with Crippen molar-refractivity contribution in [1.29, 1.82) is 0 Å². The van der Waals surface area contributed by atoms with Crippen LogP contribution >= 0.6 is 11.6 Å². The second-order valence-corrected chi connectivity index (χ2v) is 8.13. The highest BCUT2D eigenvalue weighted by molar-refractivity contribution is 6.32. The first-order valence-corrected chi connectivity index (χ1v) is 9.74. The second kappa shape index (κ2) is 7.45. The average molecular weight is 373 g/mol. The summed E-state index contributed by atoms with van der Waals surface area (Å²) in [5.41, 5.74) is 1.04. The van der Waals surface area contributed by atoms with Crippen molar-refractivity contribution in [2.75, 3.05) is 19.6 Å². The molecule has 1 aromatic carbocycles. The third kappa shape index (κ3) is 3.81. The van der Waals surface area contributed by atoms with Gasteiger partial charge in [0.25, 0.3) is 0 Å². The Hall–Kier alpha value is -1.78. The first-order valence-electron chi connectivity index (χ1n) is 9.37. The predicted molar refractivity (Wildman–Crippen MR) is 103 cm³/mol. The second-order valence-electron chi connectivity index (χ2n) is 7.72. The maximum absolute atomic E-state index is 9.39. The topological polar surface area (TPSA) is 45.6 Å². The molecule has 0 spiro atoms. The summed E-state index contributed by atoms with van der Waals surface area (Å²) in [6.07, 6.45) is 4.03. The third-order valence-corrected chi connectivity index (χ3v) is 6.03. The van der Waals surface area contributed by atoms with E-state index in [1.54, 1.807) is 6.07 Å². The number of para-hydroxylation sites is 1. The van der Waals surface area contributed by atoms with Crippen LogP contribution in [0.5, 0.6) is 11.5 Å². The van der Waals surface area contributed by atoms with Crippen molar-refractivity contribution in [1.82, 2.24) is 9.88 Å². The van der Waals surface area contributed by atoms with E-state index in [1.165, 1.54) is 6.20 Å². The number of benzene rings is 1. The van der Waals surface area contributed by atoms with Gasteiger partial charge in [-0.2, -0.15) is 0 Å². The van der Waals surface area contributed by atoms with Gasteiger partial charge in [0.2, 0.25) is 0 Å². The Morgan fingerprint density at radius 1 is 1.19 bits per heavy atom. The van der Waals surface area contributed by atoms with Crippen molar-refractivity contribution >= 4 is 11.6 Å². The summed E-state index contributed by atoms with van der Waals surface area (Å²) in [6, 6.07) is 11.4. The molecular weight excluding hydrogens is 348 g/mol. The lowest BCUT2D eigenvalue weighted by Gasteiger charge is -2.23. The number of rotatable bonds is 5. The summed E-state index contributed by atoms with van der Waals surface area (Å²) >= 11 is 6.22. The number of hydrogen-bond donors (Lipinski definition) is 1. The number of hydrogen-bond acceptors (Lipinski definition) is 4. The molecular formula is C21H25ClN2O2.